The first-order chi connectivity index (χ1) is 19.6. The molecule has 40 heavy (non-hydrogen) atoms. The highest BCUT2D eigenvalue weighted by Gasteiger charge is 2.39. The van der Waals surface area contributed by atoms with Gasteiger partial charge in [0.15, 0.2) is 17.8 Å². The quantitative estimate of drug-likeness (QED) is 0.249. The monoisotopic (exact) mass is 551 g/mol. The summed E-state index contributed by atoms with van der Waals surface area (Å²) in [4.78, 5) is 18.3. The molecule has 2 saturated carbocycles. The molecular weight excluding hydrogens is 510 g/mol. The molecule has 8 nitrogen and oxygen atoms in total. The minimum absolute atomic E-state index is 0.0380. The zero-order valence-electron chi connectivity index (χ0n) is 23.6. The van der Waals surface area contributed by atoms with Crippen LogP contribution in [0, 0.1) is 5.21 Å². The Morgan fingerprint density at radius 2 is 1.70 bits per heavy atom. The van der Waals surface area contributed by atoms with E-state index in [0.717, 1.165) is 56.9 Å². The van der Waals surface area contributed by atoms with E-state index in [9.17, 15) is 10.0 Å². The first kappa shape index (κ1) is 28.3. The van der Waals surface area contributed by atoms with Crippen LogP contribution >= 0.6 is 0 Å². The van der Waals surface area contributed by atoms with Crippen LogP contribution in [-0.4, -0.2) is 49.3 Å². The minimum Gasteiger partial charge on any atom is -0.493 e. The minimum atomic E-state index is -0.708. The summed E-state index contributed by atoms with van der Waals surface area (Å²) in [6.07, 6.45) is 8.77. The van der Waals surface area contributed by atoms with Crippen molar-refractivity contribution >= 4 is 11.7 Å². The fraction of sp³-hybridized carbons (Fsp3) is 0.562. The average Bonchev–Trinajstić information content (AvgIpc) is 3.50. The highest BCUT2D eigenvalue weighted by molar-refractivity contribution is 5.89. The SMILES string of the molecule is COC(=O)CCC1=[N+]([O-])O[C@@H](O[C@@H]2CCCC[C@H]2c2ccccc2)C[C@@H]1c1ccc(OC)c(OC2CCCC2)c1. The number of benzene rings is 2. The second-order valence-electron chi connectivity index (χ2n) is 11.1. The molecule has 4 atom stereocenters. The second-order valence-corrected chi connectivity index (χ2v) is 11.1. The van der Waals surface area contributed by atoms with E-state index in [1.165, 1.54) is 12.7 Å². The van der Waals surface area contributed by atoms with Crippen LogP contribution in [0.4, 0.5) is 0 Å². The molecule has 2 aliphatic carbocycles. The lowest BCUT2D eigenvalue weighted by molar-refractivity contribution is -0.773. The van der Waals surface area contributed by atoms with Gasteiger partial charge < -0.3 is 23.8 Å². The Balaban J connectivity index is 1.41. The lowest BCUT2D eigenvalue weighted by atomic mass is 9.81. The van der Waals surface area contributed by atoms with Gasteiger partial charge in [-0.25, -0.2) is 0 Å². The van der Waals surface area contributed by atoms with Gasteiger partial charge in [0.05, 0.1) is 38.8 Å². The standard InChI is InChI=1S/C32H41NO7/c1-36-29-18-16-23(20-30(29)38-24-12-6-7-13-24)26-21-32(40-33(35)27(26)17-19-31(34)37-2)39-28-15-9-8-14-25(28)22-10-4-3-5-11-22/h3-5,10-11,16,18,20,24-26,28,32H,6-9,12-15,17,19,21H2,1-2H3/t25-,26+,28+,32+/m0/s1. The average molecular weight is 552 g/mol. The van der Waals surface area contributed by atoms with Crippen LogP contribution in [0.3, 0.4) is 0 Å². The first-order valence-electron chi connectivity index (χ1n) is 14.7. The maximum absolute atomic E-state index is 13.3. The van der Waals surface area contributed by atoms with Crippen molar-refractivity contribution in [2.45, 2.75) is 101 Å². The number of hydrogen-bond donors (Lipinski definition) is 0. The van der Waals surface area contributed by atoms with Crippen molar-refractivity contribution in [1.29, 1.82) is 0 Å². The molecule has 216 valence electrons. The molecular formula is C32H41NO7. The van der Waals surface area contributed by atoms with Gasteiger partial charge in [-0.15, -0.1) is 0 Å². The molecule has 2 fully saturated rings. The Hall–Kier alpha value is -3.26. The Kier molecular flexibility index (Phi) is 9.47. The number of methoxy groups -OCH3 is 2. The van der Waals surface area contributed by atoms with Gasteiger partial charge in [-0.05, 0) is 61.8 Å². The van der Waals surface area contributed by atoms with Crippen molar-refractivity contribution in [2.75, 3.05) is 14.2 Å². The highest BCUT2D eigenvalue weighted by atomic mass is 16.9. The van der Waals surface area contributed by atoms with E-state index in [-0.39, 0.29) is 42.9 Å². The van der Waals surface area contributed by atoms with Crippen molar-refractivity contribution in [2.24, 2.45) is 0 Å². The largest absolute Gasteiger partial charge is 0.493 e. The van der Waals surface area contributed by atoms with Crippen molar-refractivity contribution in [3.63, 3.8) is 0 Å². The van der Waals surface area contributed by atoms with Crippen LogP contribution < -0.4 is 9.47 Å². The molecule has 2 aromatic carbocycles. The van der Waals surface area contributed by atoms with Gasteiger partial charge in [0.2, 0.25) is 5.71 Å². The number of carbonyl (C=O) groups is 1. The number of rotatable bonds is 10. The Labute approximate surface area is 236 Å². The number of carbonyl (C=O) groups excluding carboxylic acids is 1. The molecule has 0 spiro atoms. The summed E-state index contributed by atoms with van der Waals surface area (Å²) < 4.78 is 23.4. The maximum atomic E-state index is 13.3. The van der Waals surface area contributed by atoms with E-state index in [2.05, 4.69) is 24.3 Å². The van der Waals surface area contributed by atoms with E-state index < -0.39 is 6.29 Å². The fourth-order valence-electron chi connectivity index (χ4n) is 6.40. The lowest BCUT2D eigenvalue weighted by Gasteiger charge is -2.38. The molecule has 1 heterocycles. The number of hydrogen-bond acceptors (Lipinski definition) is 7. The van der Waals surface area contributed by atoms with Crippen molar-refractivity contribution < 1.29 is 33.5 Å². The van der Waals surface area contributed by atoms with Crippen LogP contribution in [0.15, 0.2) is 48.5 Å². The summed E-state index contributed by atoms with van der Waals surface area (Å²) in [5.41, 5.74) is 2.65. The molecule has 8 heteroatoms. The molecule has 1 aliphatic heterocycles. The van der Waals surface area contributed by atoms with Crippen molar-refractivity contribution in [3.8, 4) is 11.5 Å². The van der Waals surface area contributed by atoms with Crippen LogP contribution in [0.25, 0.3) is 0 Å². The predicted octanol–water partition coefficient (Wildman–Crippen LogP) is 6.41. The molecule has 0 saturated heterocycles. The molecule has 0 aromatic heterocycles. The number of esters is 1. The summed E-state index contributed by atoms with van der Waals surface area (Å²) >= 11 is 0. The maximum Gasteiger partial charge on any atom is 0.306 e. The summed E-state index contributed by atoms with van der Waals surface area (Å²) in [7, 11) is 2.99. The summed E-state index contributed by atoms with van der Waals surface area (Å²) in [6, 6.07) is 16.3. The summed E-state index contributed by atoms with van der Waals surface area (Å²) in [6.45, 7) is 0. The van der Waals surface area contributed by atoms with E-state index in [1.807, 2.05) is 24.3 Å². The van der Waals surface area contributed by atoms with E-state index in [4.69, 9.17) is 23.8 Å². The molecule has 2 aromatic rings. The third-order valence-corrected chi connectivity index (χ3v) is 8.53. The normalized spacial score (nSPS) is 25.4. The zero-order chi connectivity index (χ0) is 27.9. The topological polar surface area (TPSA) is 89.3 Å². The number of ether oxygens (including phenoxy) is 4. The van der Waals surface area contributed by atoms with Crippen molar-refractivity contribution in [3.05, 3.63) is 64.9 Å². The van der Waals surface area contributed by atoms with Crippen LogP contribution in [-0.2, 0) is 19.1 Å². The second kappa shape index (κ2) is 13.4. The van der Waals surface area contributed by atoms with Gasteiger partial charge in [-0.3, -0.25) is 10.0 Å². The smallest absolute Gasteiger partial charge is 0.306 e. The highest BCUT2D eigenvalue weighted by Crippen LogP contribution is 2.40. The van der Waals surface area contributed by atoms with Gasteiger partial charge in [-0.2, -0.15) is 0 Å². The molecule has 0 N–H and O–H groups in total. The van der Waals surface area contributed by atoms with Gasteiger partial charge >= 0.3 is 5.97 Å². The zero-order valence-corrected chi connectivity index (χ0v) is 23.6. The molecule has 0 radical (unpaired) electrons. The van der Waals surface area contributed by atoms with Crippen LogP contribution in [0.1, 0.15) is 93.6 Å². The van der Waals surface area contributed by atoms with Gasteiger partial charge in [0, 0.05) is 23.7 Å². The van der Waals surface area contributed by atoms with Gasteiger partial charge in [0.25, 0.3) is 0 Å². The van der Waals surface area contributed by atoms with Crippen LogP contribution in [0.2, 0.25) is 0 Å². The van der Waals surface area contributed by atoms with E-state index >= 15 is 0 Å². The van der Waals surface area contributed by atoms with E-state index in [1.54, 1.807) is 7.11 Å². The van der Waals surface area contributed by atoms with Crippen LogP contribution in [0.5, 0.6) is 11.5 Å². The number of nitrogens with zero attached hydrogens (tertiary/aromatic N) is 1. The molecule has 3 aliphatic rings. The van der Waals surface area contributed by atoms with Crippen molar-refractivity contribution in [1.82, 2.24) is 0 Å². The third-order valence-electron chi connectivity index (χ3n) is 8.53. The molecule has 5 rings (SSSR count). The lowest BCUT2D eigenvalue weighted by Crippen LogP contribution is -2.41. The Bertz CT molecular complexity index is 1160. The predicted molar refractivity (Wildman–Crippen MR) is 151 cm³/mol. The molecule has 0 bridgehead atoms. The van der Waals surface area contributed by atoms with Gasteiger partial charge in [-0.1, -0.05) is 49.2 Å². The first-order valence-corrected chi connectivity index (χ1v) is 14.7. The molecule has 0 unspecified atom stereocenters. The summed E-state index contributed by atoms with van der Waals surface area (Å²) in [5, 5.41) is 13.3. The van der Waals surface area contributed by atoms with Gasteiger partial charge in [0.1, 0.15) is 0 Å². The van der Waals surface area contributed by atoms with E-state index in [0.29, 0.717) is 28.5 Å². The fourth-order valence-corrected chi connectivity index (χ4v) is 6.40. The Morgan fingerprint density at radius 3 is 2.45 bits per heavy atom. The third kappa shape index (κ3) is 6.72. The molecule has 0 amide bonds. The summed E-state index contributed by atoms with van der Waals surface area (Å²) in [5.74, 6) is 0.923. The Morgan fingerprint density at radius 1 is 0.950 bits per heavy atom.